The molecule has 2 aromatic rings. The van der Waals surface area contributed by atoms with Crippen molar-refractivity contribution in [3.8, 4) is 5.75 Å². The Labute approximate surface area is 147 Å². The maximum Gasteiger partial charge on any atom is 0.260 e. The molecule has 132 valence electrons. The Morgan fingerprint density at radius 2 is 1.88 bits per heavy atom. The van der Waals surface area contributed by atoms with Crippen molar-refractivity contribution >= 4 is 5.91 Å². The second-order valence-corrected chi connectivity index (χ2v) is 6.28. The average molecular weight is 343 g/mol. The molecule has 1 amide bonds. The predicted molar refractivity (Wildman–Crippen MR) is 93.0 cm³/mol. The van der Waals surface area contributed by atoms with Gasteiger partial charge >= 0.3 is 0 Å². The van der Waals surface area contributed by atoms with Gasteiger partial charge in [-0.2, -0.15) is 0 Å². The molecule has 1 aliphatic rings. The first kappa shape index (κ1) is 17.4. The van der Waals surface area contributed by atoms with E-state index in [0.717, 1.165) is 6.42 Å². The summed E-state index contributed by atoms with van der Waals surface area (Å²) in [6.45, 7) is 2.81. The third-order valence-electron chi connectivity index (χ3n) is 4.17. The number of para-hydroxylation sites is 1. The zero-order chi connectivity index (χ0) is 17.6. The van der Waals surface area contributed by atoms with E-state index in [1.807, 2.05) is 25.1 Å². The molecule has 0 bridgehead atoms. The van der Waals surface area contributed by atoms with E-state index < -0.39 is 5.82 Å². The van der Waals surface area contributed by atoms with Crippen molar-refractivity contribution in [3.63, 3.8) is 0 Å². The largest absolute Gasteiger partial charge is 0.481 e. The van der Waals surface area contributed by atoms with Gasteiger partial charge in [0.25, 0.3) is 5.91 Å². The number of amides is 1. The van der Waals surface area contributed by atoms with Crippen LogP contribution in [-0.2, 0) is 16.0 Å². The van der Waals surface area contributed by atoms with Crippen molar-refractivity contribution in [2.24, 2.45) is 0 Å². The van der Waals surface area contributed by atoms with Crippen molar-refractivity contribution < 1.29 is 18.7 Å². The highest BCUT2D eigenvalue weighted by atomic mass is 19.1. The van der Waals surface area contributed by atoms with E-state index in [1.165, 1.54) is 17.7 Å². The van der Waals surface area contributed by atoms with Crippen molar-refractivity contribution in [2.75, 3.05) is 19.7 Å². The number of rotatable bonds is 5. The van der Waals surface area contributed by atoms with E-state index in [4.69, 9.17) is 9.47 Å². The van der Waals surface area contributed by atoms with E-state index in [9.17, 15) is 9.18 Å². The molecule has 1 heterocycles. The number of halogens is 1. The molecule has 1 saturated heterocycles. The van der Waals surface area contributed by atoms with Gasteiger partial charge in [-0.05, 0) is 24.6 Å². The lowest BCUT2D eigenvalue weighted by atomic mass is 10.1. The van der Waals surface area contributed by atoms with Crippen LogP contribution in [0.15, 0.2) is 54.6 Å². The van der Waals surface area contributed by atoms with E-state index in [2.05, 4.69) is 12.1 Å². The lowest BCUT2D eigenvalue weighted by Crippen LogP contribution is -2.51. The molecule has 2 aromatic carbocycles. The molecule has 0 saturated carbocycles. The standard InChI is InChI=1S/C20H22FNO3/c1-15-12-22(13-17(25-15)11-16-7-3-2-4-8-16)20(23)14-24-19-10-6-5-9-18(19)21/h2-10,15,17H,11-14H2,1H3. The van der Waals surface area contributed by atoms with Gasteiger partial charge in [0.2, 0.25) is 0 Å². The second-order valence-electron chi connectivity index (χ2n) is 6.28. The molecule has 0 N–H and O–H groups in total. The number of benzene rings is 2. The molecule has 0 aliphatic carbocycles. The molecule has 0 aromatic heterocycles. The number of hydrogen-bond donors (Lipinski definition) is 0. The van der Waals surface area contributed by atoms with Crippen molar-refractivity contribution in [1.29, 1.82) is 0 Å². The highest BCUT2D eigenvalue weighted by Gasteiger charge is 2.28. The third kappa shape index (κ3) is 4.79. The van der Waals surface area contributed by atoms with Gasteiger partial charge in [0.05, 0.1) is 12.2 Å². The van der Waals surface area contributed by atoms with Crippen LogP contribution in [0.1, 0.15) is 12.5 Å². The highest BCUT2D eigenvalue weighted by molar-refractivity contribution is 5.78. The molecule has 0 spiro atoms. The molecule has 4 nitrogen and oxygen atoms in total. The number of morpholine rings is 1. The predicted octanol–water partition coefficient (Wildman–Crippen LogP) is 3.06. The molecular formula is C20H22FNO3. The number of carbonyl (C=O) groups is 1. The van der Waals surface area contributed by atoms with Gasteiger partial charge in [-0.25, -0.2) is 4.39 Å². The summed E-state index contributed by atoms with van der Waals surface area (Å²) in [6, 6.07) is 16.2. The maximum absolute atomic E-state index is 13.6. The van der Waals surface area contributed by atoms with Gasteiger partial charge in [0.15, 0.2) is 18.2 Å². The smallest absolute Gasteiger partial charge is 0.260 e. The summed E-state index contributed by atoms with van der Waals surface area (Å²) < 4.78 is 24.9. The molecule has 1 aliphatic heterocycles. The van der Waals surface area contributed by atoms with E-state index in [1.54, 1.807) is 17.0 Å². The molecule has 25 heavy (non-hydrogen) atoms. The number of hydrogen-bond acceptors (Lipinski definition) is 3. The molecule has 0 radical (unpaired) electrons. The normalized spacial score (nSPS) is 20.3. The molecule has 2 unspecified atom stereocenters. The Bertz CT molecular complexity index is 707. The summed E-state index contributed by atoms with van der Waals surface area (Å²) in [5.41, 5.74) is 1.18. The minimum Gasteiger partial charge on any atom is -0.481 e. The van der Waals surface area contributed by atoms with Gasteiger partial charge in [0.1, 0.15) is 0 Å². The third-order valence-corrected chi connectivity index (χ3v) is 4.17. The first-order chi connectivity index (χ1) is 12.1. The number of ether oxygens (including phenoxy) is 2. The van der Waals surface area contributed by atoms with Crippen LogP contribution in [0.3, 0.4) is 0 Å². The van der Waals surface area contributed by atoms with E-state index >= 15 is 0 Å². The summed E-state index contributed by atoms with van der Waals surface area (Å²) >= 11 is 0. The van der Waals surface area contributed by atoms with Crippen LogP contribution in [0, 0.1) is 5.82 Å². The highest BCUT2D eigenvalue weighted by Crippen LogP contribution is 2.18. The fraction of sp³-hybridized carbons (Fsp3) is 0.350. The van der Waals surface area contributed by atoms with Gasteiger partial charge in [-0.1, -0.05) is 42.5 Å². The van der Waals surface area contributed by atoms with Gasteiger partial charge in [-0.15, -0.1) is 0 Å². The fourth-order valence-electron chi connectivity index (χ4n) is 3.03. The SMILES string of the molecule is CC1CN(C(=O)COc2ccccc2F)CC(Cc2ccccc2)O1. The lowest BCUT2D eigenvalue weighted by molar-refractivity contribution is -0.146. The zero-order valence-corrected chi connectivity index (χ0v) is 14.2. The molecule has 5 heteroatoms. The van der Waals surface area contributed by atoms with Gasteiger partial charge in [-0.3, -0.25) is 4.79 Å². The summed E-state index contributed by atoms with van der Waals surface area (Å²) in [6.07, 6.45) is 0.659. The summed E-state index contributed by atoms with van der Waals surface area (Å²) in [7, 11) is 0. The second kappa shape index (κ2) is 8.12. The van der Waals surface area contributed by atoms with Crippen LogP contribution in [0.4, 0.5) is 4.39 Å². The number of nitrogens with zero attached hydrogens (tertiary/aromatic N) is 1. The lowest BCUT2D eigenvalue weighted by Gasteiger charge is -2.37. The van der Waals surface area contributed by atoms with Gasteiger partial charge in [0, 0.05) is 19.5 Å². The zero-order valence-electron chi connectivity index (χ0n) is 14.2. The molecule has 2 atom stereocenters. The Morgan fingerprint density at radius 1 is 1.16 bits per heavy atom. The maximum atomic E-state index is 13.6. The minimum atomic E-state index is -0.465. The van der Waals surface area contributed by atoms with E-state index in [-0.39, 0.29) is 30.5 Å². The van der Waals surface area contributed by atoms with Gasteiger partial charge < -0.3 is 14.4 Å². The average Bonchev–Trinajstić information content (AvgIpc) is 2.61. The van der Waals surface area contributed by atoms with Crippen LogP contribution >= 0.6 is 0 Å². The number of carbonyl (C=O) groups excluding carboxylic acids is 1. The molecular weight excluding hydrogens is 321 g/mol. The van der Waals surface area contributed by atoms with Crippen LogP contribution < -0.4 is 4.74 Å². The summed E-state index contributed by atoms with van der Waals surface area (Å²) in [5, 5.41) is 0. The van der Waals surface area contributed by atoms with Crippen molar-refractivity contribution in [2.45, 2.75) is 25.6 Å². The Kier molecular flexibility index (Phi) is 5.66. The Hall–Kier alpha value is -2.40. The summed E-state index contributed by atoms with van der Waals surface area (Å²) in [4.78, 5) is 14.2. The first-order valence-electron chi connectivity index (χ1n) is 8.46. The van der Waals surface area contributed by atoms with Crippen LogP contribution in [0.5, 0.6) is 5.75 Å². The first-order valence-corrected chi connectivity index (χ1v) is 8.46. The van der Waals surface area contributed by atoms with Crippen LogP contribution in [0.25, 0.3) is 0 Å². The Morgan fingerprint density at radius 3 is 2.64 bits per heavy atom. The monoisotopic (exact) mass is 343 g/mol. The quantitative estimate of drug-likeness (QED) is 0.837. The molecule has 1 fully saturated rings. The van der Waals surface area contributed by atoms with Crippen molar-refractivity contribution in [1.82, 2.24) is 4.90 Å². The van der Waals surface area contributed by atoms with E-state index in [0.29, 0.717) is 13.1 Å². The minimum absolute atomic E-state index is 0.0418. The fourth-order valence-corrected chi connectivity index (χ4v) is 3.03. The topological polar surface area (TPSA) is 38.8 Å². The Balaban J connectivity index is 1.57. The van der Waals surface area contributed by atoms with Crippen molar-refractivity contribution in [3.05, 3.63) is 66.0 Å². The molecule has 3 rings (SSSR count). The van der Waals surface area contributed by atoms with Crippen LogP contribution in [0.2, 0.25) is 0 Å². The summed E-state index contributed by atoms with van der Waals surface area (Å²) in [5.74, 6) is -0.526. The van der Waals surface area contributed by atoms with Crippen LogP contribution in [-0.4, -0.2) is 42.7 Å².